The summed E-state index contributed by atoms with van der Waals surface area (Å²) in [5.41, 5.74) is 1.92. The fourth-order valence-electron chi connectivity index (χ4n) is 3.34. The summed E-state index contributed by atoms with van der Waals surface area (Å²) in [7, 11) is 2.00. The van der Waals surface area contributed by atoms with E-state index < -0.39 is 0 Å². The van der Waals surface area contributed by atoms with Crippen LogP contribution in [-0.2, 0) is 6.54 Å². The second-order valence-electron chi connectivity index (χ2n) is 5.94. The van der Waals surface area contributed by atoms with Crippen molar-refractivity contribution in [2.75, 3.05) is 26.7 Å². The van der Waals surface area contributed by atoms with E-state index in [2.05, 4.69) is 15.2 Å². The molecule has 1 unspecified atom stereocenters. The predicted molar refractivity (Wildman–Crippen MR) is 90.9 cm³/mol. The molecule has 0 bridgehead atoms. The average Bonchev–Trinajstić information content (AvgIpc) is 2.48. The van der Waals surface area contributed by atoms with Crippen LogP contribution in [0.25, 0.3) is 10.9 Å². The maximum Gasteiger partial charge on any atom is 0.124 e. The Morgan fingerprint density at radius 1 is 1.41 bits per heavy atom. The number of nitrogens with one attached hydrogen (secondary N) is 1. The molecule has 0 radical (unpaired) electrons. The number of benzene rings is 1. The van der Waals surface area contributed by atoms with E-state index in [1.807, 2.05) is 19.2 Å². The molecule has 1 aliphatic heterocycles. The van der Waals surface area contributed by atoms with Crippen molar-refractivity contribution in [3.8, 4) is 0 Å². The molecule has 3 nitrogen and oxygen atoms in total. The summed E-state index contributed by atoms with van der Waals surface area (Å²) in [6.07, 6.45) is 4.27. The Balaban J connectivity index is 0.00000176. The highest BCUT2D eigenvalue weighted by Gasteiger charge is 2.20. The van der Waals surface area contributed by atoms with Crippen molar-refractivity contribution in [1.82, 2.24) is 15.2 Å². The van der Waals surface area contributed by atoms with Gasteiger partial charge in [0.2, 0.25) is 0 Å². The van der Waals surface area contributed by atoms with Crippen molar-refractivity contribution in [2.45, 2.75) is 19.4 Å². The lowest BCUT2D eigenvalue weighted by Crippen LogP contribution is -2.38. The zero-order chi connectivity index (χ0) is 14.7. The maximum atomic E-state index is 13.8. The average molecular weight is 324 g/mol. The summed E-state index contributed by atoms with van der Waals surface area (Å²) >= 11 is 0. The molecular weight excluding hydrogens is 301 g/mol. The van der Waals surface area contributed by atoms with Gasteiger partial charge in [-0.2, -0.15) is 0 Å². The van der Waals surface area contributed by atoms with Crippen LogP contribution in [0.15, 0.2) is 30.5 Å². The zero-order valence-electron chi connectivity index (χ0n) is 12.9. The first-order valence-electron chi connectivity index (χ1n) is 7.66. The van der Waals surface area contributed by atoms with Gasteiger partial charge in [0.05, 0.1) is 5.52 Å². The van der Waals surface area contributed by atoms with Crippen LogP contribution < -0.4 is 5.32 Å². The van der Waals surface area contributed by atoms with Crippen LogP contribution in [0.5, 0.6) is 0 Å². The van der Waals surface area contributed by atoms with Gasteiger partial charge in [0.25, 0.3) is 0 Å². The maximum absolute atomic E-state index is 13.8. The molecule has 0 amide bonds. The molecule has 120 valence electrons. The molecule has 1 aromatic carbocycles. The number of nitrogens with zero attached hydrogens (tertiary/aromatic N) is 2. The molecule has 1 N–H and O–H groups in total. The largest absolute Gasteiger partial charge is 0.319 e. The fourth-order valence-corrected chi connectivity index (χ4v) is 3.34. The van der Waals surface area contributed by atoms with Crippen LogP contribution in [0.3, 0.4) is 0 Å². The number of rotatable bonds is 4. The Morgan fingerprint density at radius 3 is 3.09 bits per heavy atom. The van der Waals surface area contributed by atoms with E-state index in [1.54, 1.807) is 18.3 Å². The summed E-state index contributed by atoms with van der Waals surface area (Å²) < 4.78 is 13.8. The summed E-state index contributed by atoms with van der Waals surface area (Å²) in [4.78, 5) is 6.86. The molecule has 2 aromatic rings. The Morgan fingerprint density at radius 2 is 2.27 bits per heavy atom. The Hall–Kier alpha value is -1.23. The number of pyridine rings is 1. The van der Waals surface area contributed by atoms with Crippen LogP contribution >= 0.6 is 12.4 Å². The zero-order valence-corrected chi connectivity index (χ0v) is 13.7. The minimum Gasteiger partial charge on any atom is -0.319 e. The molecular formula is C17H23ClFN3. The van der Waals surface area contributed by atoms with Gasteiger partial charge < -0.3 is 5.32 Å². The minimum absolute atomic E-state index is 0. The minimum atomic E-state index is -0.172. The third-order valence-corrected chi connectivity index (χ3v) is 4.24. The second-order valence-corrected chi connectivity index (χ2v) is 5.94. The first-order valence-corrected chi connectivity index (χ1v) is 7.66. The lowest BCUT2D eigenvalue weighted by atomic mass is 9.97. The number of fused-ring (bicyclic) bond motifs is 1. The highest BCUT2D eigenvalue weighted by Crippen LogP contribution is 2.23. The van der Waals surface area contributed by atoms with Crippen LogP contribution in [0.4, 0.5) is 4.39 Å². The number of hydrogen-bond acceptors (Lipinski definition) is 3. The number of likely N-dealkylation sites (tertiary alicyclic amines) is 1. The van der Waals surface area contributed by atoms with Crippen molar-refractivity contribution >= 4 is 23.3 Å². The van der Waals surface area contributed by atoms with Gasteiger partial charge >= 0.3 is 0 Å². The fraction of sp³-hybridized carbons (Fsp3) is 0.471. The Labute approximate surface area is 137 Å². The van der Waals surface area contributed by atoms with E-state index in [0.29, 0.717) is 5.92 Å². The summed E-state index contributed by atoms with van der Waals surface area (Å²) in [5.74, 6) is 0.519. The smallest absolute Gasteiger partial charge is 0.124 e. The molecule has 3 rings (SSSR count). The van der Waals surface area contributed by atoms with E-state index in [9.17, 15) is 4.39 Å². The molecule has 1 fully saturated rings. The van der Waals surface area contributed by atoms with Crippen molar-refractivity contribution < 1.29 is 4.39 Å². The first kappa shape index (κ1) is 17.1. The van der Waals surface area contributed by atoms with Gasteiger partial charge in [0.1, 0.15) is 5.82 Å². The van der Waals surface area contributed by atoms with Gasteiger partial charge in [-0.25, -0.2) is 4.39 Å². The SMILES string of the molecule is CNCC1CCCN(Cc2cc(F)cc3cccnc23)C1.Cl. The first-order chi connectivity index (χ1) is 10.3. The van der Waals surface area contributed by atoms with Crippen LogP contribution in [0.2, 0.25) is 0 Å². The van der Waals surface area contributed by atoms with E-state index in [1.165, 1.54) is 12.8 Å². The number of halogens is 2. The van der Waals surface area contributed by atoms with Gasteiger partial charge in [-0.1, -0.05) is 6.07 Å². The van der Waals surface area contributed by atoms with Gasteiger partial charge in [-0.3, -0.25) is 9.88 Å². The Bertz CT molecular complexity index is 618. The summed E-state index contributed by atoms with van der Waals surface area (Å²) in [5, 5.41) is 4.15. The summed E-state index contributed by atoms with van der Waals surface area (Å²) in [6, 6.07) is 6.98. The monoisotopic (exact) mass is 323 g/mol. The van der Waals surface area contributed by atoms with Gasteiger partial charge in [0, 0.05) is 24.7 Å². The molecule has 1 atom stereocenters. The highest BCUT2D eigenvalue weighted by atomic mass is 35.5. The lowest BCUT2D eigenvalue weighted by Gasteiger charge is -2.32. The van der Waals surface area contributed by atoms with E-state index in [4.69, 9.17) is 0 Å². The van der Waals surface area contributed by atoms with E-state index in [-0.39, 0.29) is 18.2 Å². The molecule has 1 aromatic heterocycles. The van der Waals surface area contributed by atoms with Crippen molar-refractivity contribution in [2.24, 2.45) is 5.92 Å². The molecule has 5 heteroatoms. The molecule has 22 heavy (non-hydrogen) atoms. The van der Waals surface area contributed by atoms with Gasteiger partial charge in [-0.15, -0.1) is 12.4 Å². The highest BCUT2D eigenvalue weighted by molar-refractivity contribution is 5.85. The number of aromatic nitrogens is 1. The van der Waals surface area contributed by atoms with E-state index >= 15 is 0 Å². The van der Waals surface area contributed by atoms with Gasteiger partial charge in [-0.05, 0) is 62.7 Å². The molecule has 0 saturated carbocycles. The molecule has 0 spiro atoms. The molecule has 1 saturated heterocycles. The van der Waals surface area contributed by atoms with Crippen LogP contribution in [0, 0.1) is 11.7 Å². The standard InChI is InChI=1S/C17H22FN3.ClH/c1-19-10-13-4-3-7-21(11-13)12-15-9-16(18)8-14-5-2-6-20-17(14)15;/h2,5-6,8-9,13,19H,3-4,7,10-12H2,1H3;1H. The normalized spacial score (nSPS) is 19.1. The predicted octanol–water partition coefficient (Wildman–Crippen LogP) is 3.23. The quantitative estimate of drug-likeness (QED) is 0.936. The van der Waals surface area contributed by atoms with E-state index in [0.717, 1.165) is 42.6 Å². The molecule has 0 aliphatic carbocycles. The third-order valence-electron chi connectivity index (χ3n) is 4.24. The second kappa shape index (κ2) is 7.86. The van der Waals surface area contributed by atoms with Gasteiger partial charge in [0.15, 0.2) is 0 Å². The van der Waals surface area contributed by atoms with Crippen molar-refractivity contribution in [3.63, 3.8) is 0 Å². The number of hydrogen-bond donors (Lipinski definition) is 1. The Kier molecular flexibility index (Phi) is 6.12. The van der Waals surface area contributed by atoms with Crippen molar-refractivity contribution in [3.05, 3.63) is 41.8 Å². The van der Waals surface area contributed by atoms with Crippen LogP contribution in [0.1, 0.15) is 18.4 Å². The van der Waals surface area contributed by atoms with Crippen molar-refractivity contribution in [1.29, 1.82) is 0 Å². The third kappa shape index (κ3) is 3.94. The molecule has 1 aliphatic rings. The lowest BCUT2D eigenvalue weighted by molar-refractivity contribution is 0.167. The topological polar surface area (TPSA) is 28.2 Å². The molecule has 2 heterocycles. The number of piperidine rings is 1. The van der Waals surface area contributed by atoms with Crippen LogP contribution in [-0.4, -0.2) is 36.6 Å². The summed E-state index contributed by atoms with van der Waals surface area (Å²) in [6.45, 7) is 4.00.